The molecule has 2 rings (SSSR count). The first kappa shape index (κ1) is 8.19. The van der Waals surface area contributed by atoms with Crippen LogP contribution >= 0.6 is 11.6 Å². The SMILES string of the molecule is O=C(Cl)c1n[nH]c2cc(F)ccc12. The summed E-state index contributed by atoms with van der Waals surface area (Å²) in [6, 6.07) is 3.97. The summed E-state index contributed by atoms with van der Waals surface area (Å²) in [4.78, 5) is 10.8. The zero-order chi connectivity index (χ0) is 9.42. The number of benzene rings is 1. The van der Waals surface area contributed by atoms with Crippen molar-refractivity contribution in [1.82, 2.24) is 10.2 Å². The predicted molar refractivity (Wildman–Crippen MR) is 46.2 cm³/mol. The summed E-state index contributed by atoms with van der Waals surface area (Å²) in [6.45, 7) is 0. The zero-order valence-electron chi connectivity index (χ0n) is 6.34. The van der Waals surface area contributed by atoms with E-state index in [1.165, 1.54) is 18.2 Å². The minimum Gasteiger partial charge on any atom is -0.277 e. The van der Waals surface area contributed by atoms with Gasteiger partial charge in [-0.15, -0.1) is 0 Å². The molecule has 1 aromatic carbocycles. The molecule has 0 spiro atoms. The van der Waals surface area contributed by atoms with E-state index in [0.29, 0.717) is 10.9 Å². The van der Waals surface area contributed by atoms with Crippen LogP contribution in [0.1, 0.15) is 10.5 Å². The van der Waals surface area contributed by atoms with E-state index in [1.54, 1.807) is 0 Å². The standard InChI is InChI=1S/C8H4ClFN2O/c9-8(13)7-5-2-1-4(10)3-6(5)11-12-7/h1-3H,(H,11,12). The smallest absolute Gasteiger partial charge is 0.273 e. The Labute approximate surface area is 77.5 Å². The van der Waals surface area contributed by atoms with Gasteiger partial charge in [-0.05, 0) is 29.8 Å². The molecule has 0 radical (unpaired) electrons. The van der Waals surface area contributed by atoms with Crippen LogP contribution in [0, 0.1) is 5.82 Å². The number of aromatic nitrogens is 2. The molecule has 0 bridgehead atoms. The van der Waals surface area contributed by atoms with Gasteiger partial charge in [0.15, 0.2) is 5.69 Å². The highest BCUT2D eigenvalue weighted by Gasteiger charge is 2.11. The molecule has 0 saturated carbocycles. The maximum Gasteiger partial charge on any atom is 0.273 e. The van der Waals surface area contributed by atoms with E-state index in [0.717, 1.165) is 0 Å². The molecule has 0 saturated heterocycles. The van der Waals surface area contributed by atoms with Gasteiger partial charge in [0.1, 0.15) is 5.82 Å². The first-order valence-electron chi connectivity index (χ1n) is 3.52. The quantitative estimate of drug-likeness (QED) is 0.713. The molecule has 0 atom stereocenters. The maximum atomic E-state index is 12.7. The van der Waals surface area contributed by atoms with Gasteiger partial charge in [0.25, 0.3) is 5.24 Å². The summed E-state index contributed by atoms with van der Waals surface area (Å²) in [5, 5.41) is 6.05. The van der Waals surface area contributed by atoms with Crippen LogP contribution in [0.2, 0.25) is 0 Å². The van der Waals surface area contributed by atoms with Crippen molar-refractivity contribution in [3.8, 4) is 0 Å². The fourth-order valence-corrected chi connectivity index (χ4v) is 1.29. The summed E-state index contributed by atoms with van der Waals surface area (Å²) >= 11 is 5.25. The van der Waals surface area contributed by atoms with E-state index < -0.39 is 5.24 Å². The van der Waals surface area contributed by atoms with Crippen molar-refractivity contribution in [2.75, 3.05) is 0 Å². The van der Waals surface area contributed by atoms with Crippen molar-refractivity contribution in [2.45, 2.75) is 0 Å². The van der Waals surface area contributed by atoms with E-state index >= 15 is 0 Å². The fraction of sp³-hybridized carbons (Fsp3) is 0. The minimum atomic E-state index is -0.655. The third kappa shape index (κ3) is 1.29. The third-order valence-corrected chi connectivity index (χ3v) is 1.89. The molecule has 0 aliphatic rings. The van der Waals surface area contributed by atoms with Crippen LogP contribution in [0.15, 0.2) is 18.2 Å². The topological polar surface area (TPSA) is 45.8 Å². The monoisotopic (exact) mass is 198 g/mol. The molecular weight excluding hydrogens is 195 g/mol. The summed E-state index contributed by atoms with van der Waals surface area (Å²) < 4.78 is 12.7. The van der Waals surface area contributed by atoms with E-state index in [9.17, 15) is 9.18 Å². The minimum absolute atomic E-state index is 0.122. The molecule has 2 aromatic rings. The van der Waals surface area contributed by atoms with Crippen LogP contribution in [0.25, 0.3) is 10.9 Å². The molecule has 0 aliphatic carbocycles. The fourth-order valence-electron chi connectivity index (χ4n) is 1.14. The van der Waals surface area contributed by atoms with E-state index in [2.05, 4.69) is 10.2 Å². The van der Waals surface area contributed by atoms with E-state index in [-0.39, 0.29) is 11.5 Å². The number of hydrogen-bond acceptors (Lipinski definition) is 2. The second kappa shape index (κ2) is 2.81. The van der Waals surface area contributed by atoms with Gasteiger partial charge in [-0.2, -0.15) is 5.10 Å². The van der Waals surface area contributed by atoms with Crippen LogP contribution in [0.3, 0.4) is 0 Å². The van der Waals surface area contributed by atoms with Crippen LogP contribution in [0.4, 0.5) is 4.39 Å². The largest absolute Gasteiger partial charge is 0.277 e. The molecule has 1 N–H and O–H groups in total. The Bertz CT molecular complexity index is 480. The van der Waals surface area contributed by atoms with Crippen molar-refractivity contribution in [3.63, 3.8) is 0 Å². The molecule has 1 aromatic heterocycles. The Morgan fingerprint density at radius 1 is 1.54 bits per heavy atom. The lowest BCUT2D eigenvalue weighted by Gasteiger charge is -1.89. The van der Waals surface area contributed by atoms with Gasteiger partial charge in [0.05, 0.1) is 5.52 Å². The Balaban J connectivity index is 2.76. The normalized spacial score (nSPS) is 10.6. The summed E-state index contributed by atoms with van der Waals surface area (Å²) in [7, 11) is 0. The Hall–Kier alpha value is -1.42. The molecule has 1 heterocycles. The summed E-state index contributed by atoms with van der Waals surface area (Å²) in [5.41, 5.74) is 0.584. The van der Waals surface area contributed by atoms with Gasteiger partial charge in [0, 0.05) is 5.39 Å². The number of aromatic amines is 1. The average molecular weight is 199 g/mol. The number of carbonyl (C=O) groups excluding carboxylic acids is 1. The highest BCUT2D eigenvalue weighted by molar-refractivity contribution is 6.68. The second-order valence-corrected chi connectivity index (χ2v) is 2.88. The second-order valence-electron chi connectivity index (χ2n) is 2.54. The van der Waals surface area contributed by atoms with Gasteiger partial charge >= 0.3 is 0 Å². The van der Waals surface area contributed by atoms with Crippen LogP contribution in [-0.2, 0) is 0 Å². The molecule has 0 fully saturated rings. The number of carbonyl (C=O) groups is 1. The van der Waals surface area contributed by atoms with Crippen LogP contribution in [-0.4, -0.2) is 15.4 Å². The average Bonchev–Trinajstić information content (AvgIpc) is 2.46. The Morgan fingerprint density at radius 2 is 2.31 bits per heavy atom. The van der Waals surface area contributed by atoms with Gasteiger partial charge in [-0.1, -0.05) is 0 Å². The molecule has 13 heavy (non-hydrogen) atoms. The van der Waals surface area contributed by atoms with Gasteiger partial charge in [0.2, 0.25) is 0 Å². The molecule has 3 nitrogen and oxygen atoms in total. The number of halogens is 2. The molecule has 5 heteroatoms. The van der Waals surface area contributed by atoms with Crippen molar-refractivity contribution in [1.29, 1.82) is 0 Å². The highest BCUT2D eigenvalue weighted by Crippen LogP contribution is 2.17. The lowest BCUT2D eigenvalue weighted by Crippen LogP contribution is -1.88. The number of fused-ring (bicyclic) bond motifs is 1. The molecular formula is C8H4ClFN2O. The van der Waals surface area contributed by atoms with Crippen molar-refractivity contribution in [3.05, 3.63) is 29.7 Å². The van der Waals surface area contributed by atoms with E-state index in [1.807, 2.05) is 0 Å². The van der Waals surface area contributed by atoms with E-state index in [4.69, 9.17) is 11.6 Å². The Morgan fingerprint density at radius 3 is 3.00 bits per heavy atom. The summed E-state index contributed by atoms with van der Waals surface area (Å²) in [5.74, 6) is -0.385. The van der Waals surface area contributed by atoms with Crippen LogP contribution < -0.4 is 0 Å². The highest BCUT2D eigenvalue weighted by atomic mass is 35.5. The van der Waals surface area contributed by atoms with Crippen molar-refractivity contribution < 1.29 is 9.18 Å². The number of H-pyrrole nitrogens is 1. The third-order valence-electron chi connectivity index (χ3n) is 1.71. The first-order valence-corrected chi connectivity index (χ1v) is 3.90. The van der Waals surface area contributed by atoms with Crippen LogP contribution in [0.5, 0.6) is 0 Å². The van der Waals surface area contributed by atoms with Gasteiger partial charge in [-0.3, -0.25) is 9.89 Å². The number of hydrogen-bond donors (Lipinski definition) is 1. The molecule has 0 amide bonds. The number of nitrogens with zero attached hydrogens (tertiary/aromatic N) is 1. The first-order chi connectivity index (χ1) is 6.18. The number of rotatable bonds is 1. The number of nitrogens with one attached hydrogen (secondary N) is 1. The van der Waals surface area contributed by atoms with Gasteiger partial charge < -0.3 is 0 Å². The van der Waals surface area contributed by atoms with Gasteiger partial charge in [-0.25, -0.2) is 4.39 Å². The Kier molecular flexibility index (Phi) is 1.77. The summed E-state index contributed by atoms with van der Waals surface area (Å²) in [6.07, 6.45) is 0. The molecule has 0 unspecified atom stereocenters. The molecule has 66 valence electrons. The predicted octanol–water partition coefficient (Wildman–Crippen LogP) is 2.08. The molecule has 0 aliphatic heterocycles. The van der Waals surface area contributed by atoms with Crippen molar-refractivity contribution >= 4 is 27.7 Å². The lowest BCUT2D eigenvalue weighted by molar-refractivity contribution is 0.107. The maximum absolute atomic E-state index is 12.7. The lowest BCUT2D eigenvalue weighted by atomic mass is 10.2. The van der Waals surface area contributed by atoms with Crippen molar-refractivity contribution in [2.24, 2.45) is 0 Å². The zero-order valence-corrected chi connectivity index (χ0v) is 7.10.